The summed E-state index contributed by atoms with van der Waals surface area (Å²) < 4.78 is 4.92. The molecular weight excluding hydrogens is 354 g/mol. The molecular formula is C18H15N3O6. The van der Waals surface area contributed by atoms with Gasteiger partial charge in [0.2, 0.25) is 5.75 Å². The number of methoxy groups -OCH3 is 1. The van der Waals surface area contributed by atoms with Crippen molar-refractivity contribution in [2.45, 2.75) is 6.92 Å². The number of hydrazine groups is 1. The highest BCUT2D eigenvalue weighted by atomic mass is 16.6. The van der Waals surface area contributed by atoms with Gasteiger partial charge < -0.3 is 9.84 Å². The van der Waals surface area contributed by atoms with Crippen molar-refractivity contribution in [1.82, 2.24) is 5.43 Å². The summed E-state index contributed by atoms with van der Waals surface area (Å²) in [6.45, 7) is 1.85. The summed E-state index contributed by atoms with van der Waals surface area (Å²) >= 11 is 0. The average Bonchev–Trinajstić information content (AvgIpc) is 2.91. The number of ether oxygens (including phenoxy) is 1. The second kappa shape index (κ2) is 6.79. The summed E-state index contributed by atoms with van der Waals surface area (Å²) in [7, 11) is 1.24. The van der Waals surface area contributed by atoms with Crippen LogP contribution in [0.3, 0.4) is 0 Å². The van der Waals surface area contributed by atoms with Crippen LogP contribution in [0.5, 0.6) is 11.5 Å². The summed E-state index contributed by atoms with van der Waals surface area (Å²) in [6, 6.07) is 9.36. The molecule has 0 saturated carbocycles. The van der Waals surface area contributed by atoms with Gasteiger partial charge in [0.25, 0.3) is 11.8 Å². The van der Waals surface area contributed by atoms with E-state index in [0.717, 1.165) is 16.6 Å². The van der Waals surface area contributed by atoms with Crippen molar-refractivity contribution in [3.63, 3.8) is 0 Å². The molecule has 0 unspecified atom stereocenters. The second-order valence-electron chi connectivity index (χ2n) is 5.83. The SMILES string of the molecule is COc1cc(/C=C2\C(=O)NN(c3cccc(C)c3)C2=O)cc([N+](=O)[O-])c1O. The van der Waals surface area contributed by atoms with Crippen LogP contribution in [-0.2, 0) is 9.59 Å². The molecule has 1 aliphatic rings. The molecule has 0 spiro atoms. The molecule has 9 nitrogen and oxygen atoms in total. The molecule has 138 valence electrons. The Morgan fingerprint density at radius 2 is 2.00 bits per heavy atom. The third kappa shape index (κ3) is 3.30. The van der Waals surface area contributed by atoms with Crippen LogP contribution in [0.25, 0.3) is 6.08 Å². The molecule has 2 aromatic carbocycles. The molecule has 0 atom stereocenters. The topological polar surface area (TPSA) is 122 Å². The lowest BCUT2D eigenvalue weighted by Gasteiger charge is -2.14. The van der Waals surface area contributed by atoms with Gasteiger partial charge in [-0.1, -0.05) is 12.1 Å². The Morgan fingerprint density at radius 3 is 2.63 bits per heavy atom. The van der Waals surface area contributed by atoms with Crippen LogP contribution in [0.15, 0.2) is 42.0 Å². The smallest absolute Gasteiger partial charge is 0.315 e. The first kappa shape index (κ1) is 17.9. The van der Waals surface area contributed by atoms with E-state index in [1.165, 1.54) is 19.3 Å². The minimum Gasteiger partial charge on any atom is -0.500 e. The van der Waals surface area contributed by atoms with Gasteiger partial charge in [-0.05, 0) is 42.3 Å². The highest BCUT2D eigenvalue weighted by molar-refractivity contribution is 6.31. The van der Waals surface area contributed by atoms with Crippen molar-refractivity contribution in [3.05, 3.63) is 63.2 Å². The zero-order valence-corrected chi connectivity index (χ0v) is 14.4. The van der Waals surface area contributed by atoms with Gasteiger partial charge in [0, 0.05) is 6.07 Å². The molecule has 1 aliphatic heterocycles. The first-order chi connectivity index (χ1) is 12.8. The quantitative estimate of drug-likeness (QED) is 0.368. The number of carbonyl (C=O) groups is 2. The van der Waals surface area contributed by atoms with E-state index in [9.17, 15) is 24.8 Å². The van der Waals surface area contributed by atoms with Crippen LogP contribution in [0.1, 0.15) is 11.1 Å². The van der Waals surface area contributed by atoms with Gasteiger partial charge in [-0.15, -0.1) is 0 Å². The highest BCUT2D eigenvalue weighted by Crippen LogP contribution is 2.37. The Bertz CT molecular complexity index is 999. The zero-order valence-electron chi connectivity index (χ0n) is 14.4. The van der Waals surface area contributed by atoms with Crippen molar-refractivity contribution >= 4 is 29.3 Å². The molecule has 0 radical (unpaired) electrons. The third-order valence-electron chi connectivity index (χ3n) is 3.96. The molecule has 9 heteroatoms. The minimum atomic E-state index is -0.782. The van der Waals surface area contributed by atoms with Gasteiger partial charge >= 0.3 is 5.69 Å². The number of amides is 2. The molecule has 2 aromatic rings. The maximum atomic E-state index is 12.6. The fourth-order valence-electron chi connectivity index (χ4n) is 2.66. The average molecular weight is 369 g/mol. The molecule has 1 fully saturated rings. The van der Waals surface area contributed by atoms with Crippen molar-refractivity contribution in [1.29, 1.82) is 0 Å². The molecule has 3 rings (SSSR count). The second-order valence-corrected chi connectivity index (χ2v) is 5.83. The van der Waals surface area contributed by atoms with Gasteiger partial charge in [-0.2, -0.15) is 0 Å². The third-order valence-corrected chi connectivity index (χ3v) is 3.96. The summed E-state index contributed by atoms with van der Waals surface area (Å²) in [5.74, 6) is -2.01. The van der Waals surface area contributed by atoms with Crippen molar-refractivity contribution < 1.29 is 24.4 Å². The highest BCUT2D eigenvalue weighted by Gasteiger charge is 2.34. The van der Waals surface area contributed by atoms with E-state index in [2.05, 4.69) is 5.43 Å². The lowest BCUT2D eigenvalue weighted by Crippen LogP contribution is -2.35. The number of nitrogens with zero attached hydrogens (tertiary/aromatic N) is 2. The molecule has 1 saturated heterocycles. The molecule has 2 amide bonds. The first-order valence-electron chi connectivity index (χ1n) is 7.81. The normalized spacial score (nSPS) is 15.2. The van der Waals surface area contributed by atoms with Gasteiger partial charge in [0.15, 0.2) is 5.75 Å². The van der Waals surface area contributed by atoms with Crippen molar-refractivity contribution in [2.75, 3.05) is 12.1 Å². The van der Waals surface area contributed by atoms with Crippen molar-refractivity contribution in [3.8, 4) is 11.5 Å². The van der Waals surface area contributed by atoms with E-state index in [-0.39, 0.29) is 16.9 Å². The maximum Gasteiger partial charge on any atom is 0.315 e. The standard InChI is InChI=1S/C18H15N3O6/c1-10-4-3-5-12(6-10)20-18(24)13(17(23)19-20)7-11-8-14(21(25)26)16(22)15(9-11)27-2/h3-9,22H,1-2H3,(H,19,23)/b13-7+. The number of hydrogen-bond donors (Lipinski definition) is 2. The first-order valence-corrected chi connectivity index (χ1v) is 7.81. The number of carbonyl (C=O) groups excluding carboxylic acids is 2. The number of phenols is 1. The largest absolute Gasteiger partial charge is 0.500 e. The number of anilines is 1. The summed E-state index contributed by atoms with van der Waals surface area (Å²) in [5.41, 5.74) is 3.23. The van der Waals surface area contributed by atoms with Crippen LogP contribution in [-0.4, -0.2) is 29.0 Å². The summed E-state index contributed by atoms with van der Waals surface area (Å²) in [5, 5.41) is 22.0. The lowest BCUT2D eigenvalue weighted by molar-refractivity contribution is -0.386. The fraction of sp³-hybridized carbons (Fsp3) is 0.111. The minimum absolute atomic E-state index is 0.141. The van der Waals surface area contributed by atoms with E-state index in [4.69, 9.17) is 4.74 Å². The summed E-state index contributed by atoms with van der Waals surface area (Å²) in [4.78, 5) is 35.2. The van der Waals surface area contributed by atoms with E-state index >= 15 is 0 Å². The Balaban J connectivity index is 2.02. The van der Waals surface area contributed by atoms with Crippen molar-refractivity contribution in [2.24, 2.45) is 0 Å². The molecule has 27 heavy (non-hydrogen) atoms. The Kier molecular flexibility index (Phi) is 4.51. The Labute approximate surface area is 153 Å². The van der Waals surface area contributed by atoms with Crippen LogP contribution in [0.4, 0.5) is 11.4 Å². The van der Waals surface area contributed by atoms with Crippen LogP contribution in [0.2, 0.25) is 0 Å². The Morgan fingerprint density at radius 1 is 1.26 bits per heavy atom. The molecule has 0 bridgehead atoms. The van der Waals surface area contributed by atoms with Gasteiger partial charge in [0.05, 0.1) is 17.7 Å². The van der Waals surface area contributed by atoms with Gasteiger partial charge in [-0.3, -0.25) is 25.1 Å². The van der Waals surface area contributed by atoms with E-state index in [1.54, 1.807) is 18.2 Å². The number of benzene rings is 2. The Hall–Kier alpha value is -3.88. The predicted octanol–water partition coefficient (Wildman–Crippen LogP) is 2.08. The number of aromatic hydroxyl groups is 1. The van der Waals surface area contributed by atoms with E-state index < -0.39 is 28.2 Å². The van der Waals surface area contributed by atoms with Gasteiger partial charge in [0.1, 0.15) is 5.57 Å². The number of rotatable bonds is 4. The monoisotopic (exact) mass is 369 g/mol. The zero-order chi connectivity index (χ0) is 19.7. The summed E-state index contributed by atoms with van der Waals surface area (Å²) in [6.07, 6.45) is 1.21. The van der Waals surface area contributed by atoms with Crippen LogP contribution < -0.4 is 15.2 Å². The maximum absolute atomic E-state index is 12.6. The van der Waals surface area contributed by atoms with Crippen LogP contribution >= 0.6 is 0 Å². The molecule has 0 aliphatic carbocycles. The number of phenolic OH excluding ortho intramolecular Hbond substituents is 1. The van der Waals surface area contributed by atoms with E-state index in [1.807, 2.05) is 13.0 Å². The molecule has 2 N–H and O–H groups in total. The van der Waals surface area contributed by atoms with Crippen LogP contribution in [0, 0.1) is 17.0 Å². The number of nitro benzene ring substituents is 1. The molecule has 0 aromatic heterocycles. The number of aryl methyl sites for hydroxylation is 1. The van der Waals surface area contributed by atoms with E-state index in [0.29, 0.717) is 5.69 Å². The predicted molar refractivity (Wildman–Crippen MR) is 96.1 cm³/mol. The van der Waals surface area contributed by atoms with Gasteiger partial charge in [-0.25, -0.2) is 5.01 Å². The number of nitro groups is 1. The number of hydrogen-bond acceptors (Lipinski definition) is 6. The molecule has 1 heterocycles. The fourth-order valence-corrected chi connectivity index (χ4v) is 2.66. The lowest BCUT2D eigenvalue weighted by atomic mass is 10.1. The number of nitrogens with one attached hydrogen (secondary N) is 1.